The molecule has 0 spiro atoms. The van der Waals surface area contributed by atoms with Crippen LogP contribution in [0.15, 0.2) is 47.4 Å². The molecular formula is C20H22N2O6S. The zero-order chi connectivity index (χ0) is 21.2. The van der Waals surface area contributed by atoms with E-state index in [4.69, 9.17) is 9.47 Å². The summed E-state index contributed by atoms with van der Waals surface area (Å²) in [6.07, 6.45) is -0.157. The number of carbonyl (C=O) groups excluding carboxylic acids is 2. The van der Waals surface area contributed by atoms with Gasteiger partial charge in [0, 0.05) is 18.5 Å². The van der Waals surface area contributed by atoms with E-state index in [2.05, 4.69) is 5.32 Å². The fourth-order valence-corrected chi connectivity index (χ4v) is 4.79. The number of sulfonamides is 1. The molecule has 0 saturated carbocycles. The van der Waals surface area contributed by atoms with Crippen LogP contribution in [0.2, 0.25) is 0 Å². The van der Waals surface area contributed by atoms with Crippen molar-refractivity contribution in [1.82, 2.24) is 9.62 Å². The lowest BCUT2D eigenvalue weighted by molar-refractivity contribution is -0.121. The van der Waals surface area contributed by atoms with E-state index in [1.165, 1.54) is 19.2 Å². The smallest absolute Gasteiger partial charge is 0.269 e. The van der Waals surface area contributed by atoms with Gasteiger partial charge in [-0.25, -0.2) is 12.7 Å². The number of rotatable bonds is 7. The normalized spacial score (nSPS) is 15.6. The third-order valence-corrected chi connectivity index (χ3v) is 6.58. The minimum absolute atomic E-state index is 0.0279. The molecule has 8 nitrogen and oxygen atoms in total. The van der Waals surface area contributed by atoms with E-state index < -0.39 is 22.0 Å². The van der Waals surface area contributed by atoms with Crippen LogP contribution < -0.4 is 14.8 Å². The maximum atomic E-state index is 12.5. The van der Waals surface area contributed by atoms with Crippen molar-refractivity contribution in [3.63, 3.8) is 0 Å². The van der Waals surface area contributed by atoms with Crippen molar-refractivity contribution in [2.45, 2.75) is 24.3 Å². The van der Waals surface area contributed by atoms with Gasteiger partial charge in [-0.2, -0.15) is 0 Å². The van der Waals surface area contributed by atoms with Gasteiger partial charge in [0.1, 0.15) is 16.4 Å². The van der Waals surface area contributed by atoms with E-state index in [9.17, 15) is 18.0 Å². The monoisotopic (exact) mass is 418 g/mol. The molecule has 0 aromatic heterocycles. The van der Waals surface area contributed by atoms with E-state index in [1.807, 2.05) is 0 Å². The summed E-state index contributed by atoms with van der Waals surface area (Å²) >= 11 is 0. The van der Waals surface area contributed by atoms with Crippen LogP contribution in [0.5, 0.6) is 11.5 Å². The molecule has 3 rings (SSSR count). The standard InChI is InChI=1S/C20H22N2O6S/c1-13(16-12-14(27-2)8-9-17(16)28-3)21-19(23)10-11-22-20(24)15-6-4-5-7-18(15)29(22,25)26/h4-9,12-13H,10-11H2,1-3H3,(H,21,23)/t13-/m0/s1. The Morgan fingerprint density at radius 2 is 1.86 bits per heavy atom. The quantitative estimate of drug-likeness (QED) is 0.739. The maximum Gasteiger partial charge on any atom is 0.269 e. The second-order valence-corrected chi connectivity index (χ2v) is 8.36. The van der Waals surface area contributed by atoms with Gasteiger partial charge in [-0.3, -0.25) is 9.59 Å². The van der Waals surface area contributed by atoms with Crippen LogP contribution in [0, 0.1) is 0 Å². The van der Waals surface area contributed by atoms with Gasteiger partial charge in [0.15, 0.2) is 0 Å². The van der Waals surface area contributed by atoms with Crippen LogP contribution >= 0.6 is 0 Å². The first-order valence-corrected chi connectivity index (χ1v) is 10.4. The Bertz CT molecular complexity index is 1050. The van der Waals surface area contributed by atoms with Crippen LogP contribution in [0.3, 0.4) is 0 Å². The van der Waals surface area contributed by atoms with Gasteiger partial charge in [0.05, 0.1) is 25.8 Å². The molecule has 0 unspecified atom stereocenters. The number of methoxy groups -OCH3 is 2. The van der Waals surface area contributed by atoms with Gasteiger partial charge in [-0.15, -0.1) is 0 Å². The fourth-order valence-electron chi connectivity index (χ4n) is 3.22. The molecule has 29 heavy (non-hydrogen) atoms. The summed E-state index contributed by atoms with van der Waals surface area (Å²) in [4.78, 5) is 24.8. The summed E-state index contributed by atoms with van der Waals surface area (Å²) in [5.74, 6) is 0.206. The molecule has 0 bridgehead atoms. The Kier molecular flexibility index (Phi) is 5.78. The van der Waals surface area contributed by atoms with E-state index in [0.717, 1.165) is 9.87 Å². The number of fused-ring (bicyclic) bond motifs is 1. The van der Waals surface area contributed by atoms with Crippen molar-refractivity contribution in [3.8, 4) is 11.5 Å². The Hall–Kier alpha value is -3.07. The highest BCUT2D eigenvalue weighted by molar-refractivity contribution is 7.90. The van der Waals surface area contributed by atoms with Crippen LogP contribution in [-0.2, 0) is 14.8 Å². The highest BCUT2D eigenvalue weighted by atomic mass is 32.2. The van der Waals surface area contributed by atoms with Crippen molar-refractivity contribution < 1.29 is 27.5 Å². The van der Waals surface area contributed by atoms with Crippen molar-refractivity contribution in [3.05, 3.63) is 53.6 Å². The lowest BCUT2D eigenvalue weighted by atomic mass is 10.1. The summed E-state index contributed by atoms with van der Waals surface area (Å²) in [6.45, 7) is 1.55. The van der Waals surface area contributed by atoms with Crippen LogP contribution in [0.1, 0.15) is 35.3 Å². The van der Waals surface area contributed by atoms with Crippen molar-refractivity contribution in [2.24, 2.45) is 0 Å². The minimum atomic E-state index is -3.92. The average molecular weight is 418 g/mol. The molecular weight excluding hydrogens is 396 g/mol. The third kappa shape index (κ3) is 3.91. The molecule has 0 aliphatic carbocycles. The number of hydrogen-bond acceptors (Lipinski definition) is 6. The highest BCUT2D eigenvalue weighted by Crippen LogP contribution is 2.31. The van der Waals surface area contributed by atoms with Gasteiger partial charge >= 0.3 is 0 Å². The number of nitrogens with one attached hydrogen (secondary N) is 1. The van der Waals surface area contributed by atoms with Crippen molar-refractivity contribution in [2.75, 3.05) is 20.8 Å². The Morgan fingerprint density at radius 3 is 2.52 bits per heavy atom. The number of carbonyl (C=O) groups is 2. The van der Waals surface area contributed by atoms with Gasteiger partial charge in [0.25, 0.3) is 15.9 Å². The average Bonchev–Trinajstić information content (AvgIpc) is 2.91. The van der Waals surface area contributed by atoms with Crippen LogP contribution in [0.4, 0.5) is 0 Å². The topological polar surface area (TPSA) is 102 Å². The lowest BCUT2D eigenvalue weighted by Crippen LogP contribution is -2.35. The number of ether oxygens (including phenoxy) is 2. The first kappa shape index (κ1) is 20.7. The first-order valence-electron chi connectivity index (χ1n) is 8.97. The second-order valence-electron chi connectivity index (χ2n) is 6.53. The Balaban J connectivity index is 1.67. The predicted molar refractivity (Wildman–Crippen MR) is 105 cm³/mol. The molecule has 2 aromatic rings. The van der Waals surface area contributed by atoms with E-state index in [-0.39, 0.29) is 29.3 Å². The third-order valence-electron chi connectivity index (χ3n) is 4.73. The zero-order valence-electron chi connectivity index (χ0n) is 16.3. The van der Waals surface area contributed by atoms with E-state index in [0.29, 0.717) is 11.5 Å². The van der Waals surface area contributed by atoms with Crippen LogP contribution in [-0.4, -0.2) is 45.3 Å². The first-order chi connectivity index (χ1) is 13.8. The minimum Gasteiger partial charge on any atom is -0.497 e. The van der Waals surface area contributed by atoms with E-state index in [1.54, 1.807) is 44.4 Å². The summed E-state index contributed by atoms with van der Waals surface area (Å²) < 4.78 is 36.4. The zero-order valence-corrected chi connectivity index (χ0v) is 17.2. The molecule has 0 radical (unpaired) electrons. The molecule has 1 N–H and O–H groups in total. The summed E-state index contributed by atoms with van der Waals surface area (Å²) in [6, 6.07) is 10.9. The molecule has 0 fully saturated rings. The summed E-state index contributed by atoms with van der Waals surface area (Å²) in [7, 11) is -0.853. The van der Waals surface area contributed by atoms with Gasteiger partial charge in [-0.1, -0.05) is 12.1 Å². The van der Waals surface area contributed by atoms with Gasteiger partial charge in [0.2, 0.25) is 5.91 Å². The van der Waals surface area contributed by atoms with Gasteiger partial charge < -0.3 is 14.8 Å². The molecule has 9 heteroatoms. The molecule has 2 amide bonds. The van der Waals surface area contributed by atoms with Gasteiger partial charge in [-0.05, 0) is 37.3 Å². The molecule has 2 aromatic carbocycles. The predicted octanol–water partition coefficient (Wildman–Crippen LogP) is 2.12. The SMILES string of the molecule is COc1ccc(OC)c([C@H](C)NC(=O)CCN2C(=O)c3ccccc3S2(=O)=O)c1. The summed E-state index contributed by atoms with van der Waals surface area (Å²) in [5, 5.41) is 2.80. The molecule has 1 heterocycles. The van der Waals surface area contributed by atoms with Crippen molar-refractivity contribution >= 4 is 21.8 Å². The number of hydrogen-bond donors (Lipinski definition) is 1. The highest BCUT2D eigenvalue weighted by Gasteiger charge is 2.40. The fraction of sp³-hybridized carbons (Fsp3) is 0.300. The largest absolute Gasteiger partial charge is 0.497 e. The molecule has 1 aliphatic heterocycles. The summed E-state index contributed by atoms with van der Waals surface area (Å²) in [5.41, 5.74) is 0.847. The Morgan fingerprint density at radius 1 is 1.14 bits per heavy atom. The van der Waals surface area contributed by atoms with Crippen LogP contribution in [0.25, 0.3) is 0 Å². The van der Waals surface area contributed by atoms with E-state index >= 15 is 0 Å². The number of amides is 2. The Labute approximate surface area is 169 Å². The molecule has 154 valence electrons. The number of benzene rings is 2. The second kappa shape index (κ2) is 8.12. The maximum absolute atomic E-state index is 12.5. The molecule has 1 atom stereocenters. The number of nitrogens with zero attached hydrogens (tertiary/aromatic N) is 1. The van der Waals surface area contributed by atoms with Crippen molar-refractivity contribution in [1.29, 1.82) is 0 Å². The molecule has 0 saturated heterocycles. The molecule has 1 aliphatic rings. The lowest BCUT2D eigenvalue weighted by Gasteiger charge is -2.19.